The predicted molar refractivity (Wildman–Crippen MR) is 77.4 cm³/mol. The summed E-state index contributed by atoms with van der Waals surface area (Å²) in [5.74, 6) is 0.0495. The quantitative estimate of drug-likeness (QED) is 0.616. The van der Waals surface area contributed by atoms with Crippen molar-refractivity contribution in [3.8, 4) is 0 Å². The number of nitro groups is 2. The molecule has 0 bridgehead atoms. The lowest BCUT2D eigenvalue weighted by atomic mass is 10.1. The van der Waals surface area contributed by atoms with Crippen molar-refractivity contribution in [1.82, 2.24) is 4.98 Å². The zero-order chi connectivity index (χ0) is 16.1. The van der Waals surface area contributed by atoms with Gasteiger partial charge in [0.1, 0.15) is 0 Å². The summed E-state index contributed by atoms with van der Waals surface area (Å²) in [6, 6.07) is 8.15. The Hall–Kier alpha value is -3.07. The highest BCUT2D eigenvalue weighted by Gasteiger charge is 2.16. The molecule has 22 heavy (non-hydrogen) atoms. The summed E-state index contributed by atoms with van der Waals surface area (Å²) in [5.41, 5.74) is 0.180. The van der Waals surface area contributed by atoms with Crippen LogP contribution in [0.5, 0.6) is 0 Å². The van der Waals surface area contributed by atoms with Gasteiger partial charge in [0, 0.05) is 30.9 Å². The number of rotatable bonds is 6. The molecule has 114 valence electrons. The minimum atomic E-state index is -0.984. The standard InChI is InChI=1S/C13H12N4O5/c18-12(9-3-5-10(6-4-9)16(19)20)8-15-13-11(17(21)22)2-1-7-14-13/h1-7,12,18H,8H2,(H,14,15)/t12-/m1/s1. The summed E-state index contributed by atoms with van der Waals surface area (Å²) in [6.45, 7) is -0.0182. The number of nitrogens with one attached hydrogen (secondary N) is 1. The molecule has 0 spiro atoms. The predicted octanol–water partition coefficient (Wildman–Crippen LogP) is 2.04. The van der Waals surface area contributed by atoms with E-state index >= 15 is 0 Å². The molecule has 2 aromatic rings. The van der Waals surface area contributed by atoms with Crippen molar-refractivity contribution >= 4 is 17.2 Å². The number of benzene rings is 1. The van der Waals surface area contributed by atoms with Gasteiger partial charge in [-0.25, -0.2) is 4.98 Å². The van der Waals surface area contributed by atoms with Crippen LogP contribution in [0.2, 0.25) is 0 Å². The topological polar surface area (TPSA) is 131 Å². The number of pyridine rings is 1. The highest BCUT2D eigenvalue weighted by molar-refractivity contribution is 5.55. The van der Waals surface area contributed by atoms with E-state index in [1.54, 1.807) is 0 Å². The fourth-order valence-corrected chi connectivity index (χ4v) is 1.81. The molecule has 0 saturated heterocycles. The zero-order valence-corrected chi connectivity index (χ0v) is 11.2. The van der Waals surface area contributed by atoms with Gasteiger partial charge >= 0.3 is 5.69 Å². The van der Waals surface area contributed by atoms with E-state index < -0.39 is 16.0 Å². The molecule has 1 atom stereocenters. The molecule has 0 aliphatic carbocycles. The second-order valence-electron chi connectivity index (χ2n) is 4.37. The number of aliphatic hydroxyl groups is 1. The van der Waals surface area contributed by atoms with Crippen molar-refractivity contribution in [2.75, 3.05) is 11.9 Å². The van der Waals surface area contributed by atoms with Gasteiger partial charge in [0.2, 0.25) is 5.82 Å². The van der Waals surface area contributed by atoms with Gasteiger partial charge in [0.15, 0.2) is 0 Å². The van der Waals surface area contributed by atoms with Crippen molar-refractivity contribution in [2.45, 2.75) is 6.10 Å². The maximum atomic E-state index is 10.8. The first-order valence-corrected chi connectivity index (χ1v) is 6.24. The third kappa shape index (κ3) is 3.52. The SMILES string of the molecule is O=[N+]([O-])c1ccc([C@H](O)CNc2ncccc2[N+](=O)[O-])cc1. The van der Waals surface area contributed by atoms with E-state index in [9.17, 15) is 25.3 Å². The highest BCUT2D eigenvalue weighted by Crippen LogP contribution is 2.22. The van der Waals surface area contributed by atoms with Crippen LogP contribution < -0.4 is 5.32 Å². The summed E-state index contributed by atoms with van der Waals surface area (Å²) >= 11 is 0. The van der Waals surface area contributed by atoms with Gasteiger partial charge in [0.25, 0.3) is 5.69 Å². The third-order valence-corrected chi connectivity index (χ3v) is 2.93. The number of hydrogen-bond acceptors (Lipinski definition) is 7. The normalized spacial score (nSPS) is 11.7. The number of aromatic nitrogens is 1. The summed E-state index contributed by atoms with van der Waals surface area (Å²) < 4.78 is 0. The van der Waals surface area contributed by atoms with Gasteiger partial charge < -0.3 is 10.4 Å². The van der Waals surface area contributed by atoms with E-state index in [2.05, 4.69) is 10.3 Å². The van der Waals surface area contributed by atoms with E-state index in [4.69, 9.17) is 0 Å². The molecular formula is C13H12N4O5. The molecule has 0 aliphatic rings. The van der Waals surface area contributed by atoms with Crippen molar-refractivity contribution < 1.29 is 15.0 Å². The smallest absolute Gasteiger partial charge is 0.311 e. The molecule has 1 aromatic heterocycles. The molecule has 2 N–H and O–H groups in total. The maximum Gasteiger partial charge on any atom is 0.311 e. The zero-order valence-electron chi connectivity index (χ0n) is 11.2. The van der Waals surface area contributed by atoms with Crippen LogP contribution in [0.1, 0.15) is 11.7 Å². The number of nitrogens with zero attached hydrogens (tertiary/aromatic N) is 3. The Morgan fingerprint density at radius 2 is 1.82 bits per heavy atom. The highest BCUT2D eigenvalue weighted by atomic mass is 16.6. The van der Waals surface area contributed by atoms with E-state index in [-0.39, 0.29) is 23.7 Å². The monoisotopic (exact) mass is 304 g/mol. The first-order chi connectivity index (χ1) is 10.5. The Kier molecular flexibility index (Phi) is 4.59. The number of anilines is 1. The largest absolute Gasteiger partial charge is 0.387 e. The lowest BCUT2D eigenvalue weighted by molar-refractivity contribution is -0.384. The molecule has 0 fully saturated rings. The second-order valence-corrected chi connectivity index (χ2v) is 4.37. The van der Waals surface area contributed by atoms with Gasteiger partial charge in [-0.15, -0.1) is 0 Å². The minimum absolute atomic E-state index is 0.0182. The second kappa shape index (κ2) is 6.59. The van der Waals surface area contributed by atoms with Crippen LogP contribution in [0.4, 0.5) is 17.2 Å². The van der Waals surface area contributed by atoms with Crippen molar-refractivity contribution in [1.29, 1.82) is 0 Å². The molecule has 1 heterocycles. The number of nitro benzene ring substituents is 1. The van der Waals surface area contributed by atoms with Gasteiger partial charge in [-0.3, -0.25) is 20.2 Å². The molecule has 0 saturated carbocycles. The average molecular weight is 304 g/mol. The van der Waals surface area contributed by atoms with Gasteiger partial charge in [-0.1, -0.05) is 0 Å². The maximum absolute atomic E-state index is 10.8. The molecule has 1 aromatic carbocycles. The van der Waals surface area contributed by atoms with Gasteiger partial charge in [-0.2, -0.15) is 0 Å². The van der Waals surface area contributed by atoms with Crippen LogP contribution in [-0.2, 0) is 0 Å². The fraction of sp³-hybridized carbons (Fsp3) is 0.154. The molecule has 0 radical (unpaired) electrons. The Morgan fingerprint density at radius 3 is 2.41 bits per heavy atom. The van der Waals surface area contributed by atoms with E-state index in [0.717, 1.165) is 0 Å². The van der Waals surface area contributed by atoms with E-state index in [1.807, 2.05) is 0 Å². The molecule has 2 rings (SSSR count). The Bertz CT molecular complexity index is 689. The van der Waals surface area contributed by atoms with Gasteiger partial charge in [-0.05, 0) is 23.8 Å². The molecule has 9 nitrogen and oxygen atoms in total. The van der Waals surface area contributed by atoms with E-state index in [1.165, 1.54) is 42.6 Å². The average Bonchev–Trinajstić information content (AvgIpc) is 2.52. The summed E-state index contributed by atoms with van der Waals surface area (Å²) in [5, 5.41) is 34.1. The van der Waals surface area contributed by atoms with Crippen molar-refractivity contribution in [2.24, 2.45) is 0 Å². The number of aliphatic hydroxyl groups excluding tert-OH is 1. The Morgan fingerprint density at radius 1 is 1.14 bits per heavy atom. The lowest BCUT2D eigenvalue weighted by Gasteiger charge is -2.12. The summed E-state index contributed by atoms with van der Waals surface area (Å²) in [6.07, 6.45) is 0.413. The van der Waals surface area contributed by atoms with Crippen LogP contribution >= 0.6 is 0 Å². The van der Waals surface area contributed by atoms with Crippen LogP contribution in [0.3, 0.4) is 0 Å². The first-order valence-electron chi connectivity index (χ1n) is 6.24. The third-order valence-electron chi connectivity index (χ3n) is 2.93. The first kappa shape index (κ1) is 15.3. The van der Waals surface area contributed by atoms with Crippen LogP contribution in [0.25, 0.3) is 0 Å². The Labute approximate surface area is 124 Å². The lowest BCUT2D eigenvalue weighted by Crippen LogP contribution is -2.14. The number of hydrogen-bond donors (Lipinski definition) is 2. The molecule has 9 heteroatoms. The molecule has 0 aliphatic heterocycles. The van der Waals surface area contributed by atoms with E-state index in [0.29, 0.717) is 5.56 Å². The number of non-ortho nitro benzene ring substituents is 1. The van der Waals surface area contributed by atoms with Crippen molar-refractivity contribution in [3.05, 3.63) is 68.4 Å². The van der Waals surface area contributed by atoms with Crippen LogP contribution in [0, 0.1) is 20.2 Å². The summed E-state index contributed by atoms with van der Waals surface area (Å²) in [4.78, 5) is 24.1. The van der Waals surface area contributed by atoms with Gasteiger partial charge in [0.05, 0.1) is 16.0 Å². The van der Waals surface area contributed by atoms with Crippen molar-refractivity contribution in [3.63, 3.8) is 0 Å². The fourth-order valence-electron chi connectivity index (χ4n) is 1.81. The summed E-state index contributed by atoms with van der Waals surface area (Å²) in [7, 11) is 0. The van der Waals surface area contributed by atoms with Crippen LogP contribution in [-0.4, -0.2) is 26.5 Å². The Balaban J connectivity index is 2.05. The molecule has 0 amide bonds. The minimum Gasteiger partial charge on any atom is -0.387 e. The molecule has 0 unspecified atom stereocenters. The molecular weight excluding hydrogens is 292 g/mol. The van der Waals surface area contributed by atoms with Crippen LogP contribution in [0.15, 0.2) is 42.6 Å².